The summed E-state index contributed by atoms with van der Waals surface area (Å²) in [6, 6.07) is 5.49. The van der Waals surface area contributed by atoms with E-state index < -0.39 is 17.3 Å². The molecule has 0 spiro atoms. The summed E-state index contributed by atoms with van der Waals surface area (Å²) in [5.41, 5.74) is -0.179. The zero-order valence-electron chi connectivity index (χ0n) is 14.6. The number of likely N-dealkylation sites (N-methyl/N-ethyl adjacent to an activating group) is 1. The lowest BCUT2D eigenvalue weighted by molar-refractivity contribution is 0.0883. The second kappa shape index (κ2) is 9.29. The van der Waals surface area contributed by atoms with E-state index in [9.17, 15) is 14.0 Å². The first-order valence-electron chi connectivity index (χ1n) is 8.46. The molecule has 6 nitrogen and oxygen atoms in total. The van der Waals surface area contributed by atoms with Crippen LogP contribution in [-0.2, 0) is 4.74 Å². The molecule has 0 saturated carbocycles. The van der Waals surface area contributed by atoms with Gasteiger partial charge in [-0.15, -0.1) is 0 Å². The second-order valence-electron chi connectivity index (χ2n) is 5.64. The van der Waals surface area contributed by atoms with Crippen molar-refractivity contribution in [3.8, 4) is 0 Å². The Labute approximate surface area is 146 Å². The predicted octanol–water partition coefficient (Wildman–Crippen LogP) is 1.76. The van der Waals surface area contributed by atoms with Gasteiger partial charge in [-0.2, -0.15) is 0 Å². The van der Waals surface area contributed by atoms with Crippen LogP contribution in [0.3, 0.4) is 0 Å². The normalized spacial score (nSPS) is 11.2. The second-order valence-corrected chi connectivity index (χ2v) is 5.64. The summed E-state index contributed by atoms with van der Waals surface area (Å²) in [4.78, 5) is 28.9. The average molecular weight is 349 g/mol. The molecule has 0 unspecified atom stereocenters. The highest BCUT2D eigenvalue weighted by molar-refractivity contribution is 5.97. The zero-order chi connectivity index (χ0) is 18.2. The summed E-state index contributed by atoms with van der Waals surface area (Å²) >= 11 is 0. The number of halogens is 1. The number of aromatic amines is 1. The number of carbonyl (C=O) groups is 1. The molecule has 1 heterocycles. The lowest BCUT2D eigenvalue weighted by Gasteiger charge is -2.17. The molecule has 2 N–H and O–H groups in total. The van der Waals surface area contributed by atoms with Gasteiger partial charge in [-0.05, 0) is 42.7 Å². The summed E-state index contributed by atoms with van der Waals surface area (Å²) in [5, 5.41) is 3.26. The SMILES string of the molecule is CCN(CC)CCOCCNC(=O)c1cc2ccc(F)cc2[nH]c1=O. The Morgan fingerprint density at radius 1 is 1.24 bits per heavy atom. The Bertz CT molecular complexity index is 772. The van der Waals surface area contributed by atoms with E-state index in [1.807, 2.05) is 0 Å². The third kappa shape index (κ3) is 5.37. The van der Waals surface area contributed by atoms with Crippen LogP contribution in [0.2, 0.25) is 0 Å². The van der Waals surface area contributed by atoms with Gasteiger partial charge in [-0.25, -0.2) is 4.39 Å². The molecule has 1 aromatic carbocycles. The molecule has 25 heavy (non-hydrogen) atoms. The Hall–Kier alpha value is -2.25. The van der Waals surface area contributed by atoms with Crippen LogP contribution in [0, 0.1) is 5.82 Å². The number of nitrogens with one attached hydrogen (secondary N) is 2. The Morgan fingerprint density at radius 3 is 2.72 bits per heavy atom. The number of ether oxygens (including phenoxy) is 1. The van der Waals surface area contributed by atoms with E-state index in [1.165, 1.54) is 24.3 Å². The number of aromatic nitrogens is 1. The molecule has 0 saturated heterocycles. The molecule has 0 radical (unpaired) electrons. The van der Waals surface area contributed by atoms with E-state index in [1.54, 1.807) is 0 Å². The van der Waals surface area contributed by atoms with Crippen LogP contribution in [0.5, 0.6) is 0 Å². The summed E-state index contributed by atoms with van der Waals surface area (Å²) in [6.07, 6.45) is 0. The first-order chi connectivity index (χ1) is 12.0. The van der Waals surface area contributed by atoms with Gasteiger partial charge in [0, 0.05) is 13.1 Å². The van der Waals surface area contributed by atoms with Gasteiger partial charge in [0.15, 0.2) is 0 Å². The maximum atomic E-state index is 13.2. The predicted molar refractivity (Wildman–Crippen MR) is 95.5 cm³/mol. The van der Waals surface area contributed by atoms with Crippen molar-refractivity contribution in [1.29, 1.82) is 0 Å². The lowest BCUT2D eigenvalue weighted by Crippen LogP contribution is -2.33. The molecule has 1 amide bonds. The van der Waals surface area contributed by atoms with E-state index in [4.69, 9.17) is 4.74 Å². The fourth-order valence-electron chi connectivity index (χ4n) is 2.51. The molecule has 2 aromatic rings. The molecule has 0 aliphatic rings. The maximum absolute atomic E-state index is 13.2. The molecule has 0 aliphatic heterocycles. The maximum Gasteiger partial charge on any atom is 0.261 e. The smallest absolute Gasteiger partial charge is 0.261 e. The number of benzene rings is 1. The van der Waals surface area contributed by atoms with Gasteiger partial charge in [-0.3, -0.25) is 9.59 Å². The van der Waals surface area contributed by atoms with Crippen molar-refractivity contribution in [2.75, 3.05) is 39.4 Å². The van der Waals surface area contributed by atoms with Gasteiger partial charge in [0.1, 0.15) is 11.4 Å². The van der Waals surface area contributed by atoms with Gasteiger partial charge in [0.05, 0.1) is 18.7 Å². The van der Waals surface area contributed by atoms with E-state index in [0.29, 0.717) is 30.7 Å². The van der Waals surface area contributed by atoms with Crippen LogP contribution < -0.4 is 10.9 Å². The van der Waals surface area contributed by atoms with Crippen molar-refractivity contribution in [3.63, 3.8) is 0 Å². The van der Waals surface area contributed by atoms with E-state index >= 15 is 0 Å². The summed E-state index contributed by atoms with van der Waals surface area (Å²) < 4.78 is 18.7. The number of hydrogen-bond acceptors (Lipinski definition) is 4. The Morgan fingerprint density at radius 2 is 2.00 bits per heavy atom. The number of H-pyrrole nitrogens is 1. The van der Waals surface area contributed by atoms with Crippen molar-refractivity contribution in [3.05, 3.63) is 46.0 Å². The van der Waals surface area contributed by atoms with Crippen molar-refractivity contribution in [2.45, 2.75) is 13.8 Å². The molecule has 1 aromatic heterocycles. The minimum atomic E-state index is -0.543. The first-order valence-corrected chi connectivity index (χ1v) is 8.46. The molecule has 2 rings (SSSR count). The molecule has 0 atom stereocenters. The van der Waals surface area contributed by atoms with Crippen LogP contribution >= 0.6 is 0 Å². The monoisotopic (exact) mass is 349 g/mol. The number of pyridine rings is 1. The van der Waals surface area contributed by atoms with E-state index in [2.05, 4.69) is 29.0 Å². The van der Waals surface area contributed by atoms with Crippen molar-refractivity contribution in [1.82, 2.24) is 15.2 Å². The van der Waals surface area contributed by atoms with Crippen LogP contribution in [0.4, 0.5) is 4.39 Å². The highest BCUT2D eigenvalue weighted by Crippen LogP contribution is 2.12. The largest absolute Gasteiger partial charge is 0.378 e. The molecular formula is C18H24FN3O3. The minimum absolute atomic E-state index is 0.00208. The quantitative estimate of drug-likeness (QED) is 0.677. The summed E-state index contributed by atoms with van der Waals surface area (Å²) in [5.74, 6) is -0.915. The molecule has 0 fully saturated rings. The number of rotatable bonds is 9. The van der Waals surface area contributed by atoms with E-state index in [-0.39, 0.29) is 5.56 Å². The van der Waals surface area contributed by atoms with E-state index in [0.717, 1.165) is 19.6 Å². The number of nitrogens with zero attached hydrogens (tertiary/aromatic N) is 1. The standard InChI is InChI=1S/C18H24FN3O3/c1-3-22(4-2)8-10-25-9-7-20-17(23)15-11-13-5-6-14(19)12-16(13)21-18(15)24/h5-6,11-12H,3-4,7-10H2,1-2H3,(H,20,23)(H,21,24). The van der Waals surface area contributed by atoms with Gasteiger partial charge in [0.2, 0.25) is 0 Å². The van der Waals surface area contributed by atoms with Crippen molar-refractivity contribution >= 4 is 16.8 Å². The Kier molecular flexibility index (Phi) is 7.09. The first kappa shape index (κ1) is 19.1. The van der Waals surface area contributed by atoms with Crippen LogP contribution in [-0.4, -0.2) is 55.2 Å². The summed E-state index contributed by atoms with van der Waals surface area (Å²) in [6.45, 7) is 8.29. The topological polar surface area (TPSA) is 74.4 Å². The number of hydrogen-bond donors (Lipinski definition) is 2. The zero-order valence-corrected chi connectivity index (χ0v) is 14.6. The van der Waals surface area contributed by atoms with Crippen molar-refractivity contribution in [2.24, 2.45) is 0 Å². The third-order valence-corrected chi connectivity index (χ3v) is 4.03. The molecular weight excluding hydrogens is 325 g/mol. The number of fused-ring (bicyclic) bond motifs is 1. The van der Waals surface area contributed by atoms with Gasteiger partial charge in [-0.1, -0.05) is 13.8 Å². The molecule has 0 aliphatic carbocycles. The minimum Gasteiger partial charge on any atom is -0.378 e. The Balaban J connectivity index is 1.85. The number of carbonyl (C=O) groups excluding carboxylic acids is 1. The fourth-order valence-corrected chi connectivity index (χ4v) is 2.51. The van der Waals surface area contributed by atoms with Gasteiger partial charge in [0.25, 0.3) is 11.5 Å². The lowest BCUT2D eigenvalue weighted by atomic mass is 10.1. The highest BCUT2D eigenvalue weighted by Gasteiger charge is 2.11. The summed E-state index contributed by atoms with van der Waals surface area (Å²) in [7, 11) is 0. The van der Waals surface area contributed by atoms with Crippen molar-refractivity contribution < 1.29 is 13.9 Å². The van der Waals surface area contributed by atoms with Gasteiger partial charge < -0.3 is 19.9 Å². The molecule has 0 bridgehead atoms. The van der Waals surface area contributed by atoms with Gasteiger partial charge >= 0.3 is 0 Å². The fraction of sp³-hybridized carbons (Fsp3) is 0.444. The van der Waals surface area contributed by atoms with Crippen LogP contribution in [0.15, 0.2) is 29.1 Å². The van der Waals surface area contributed by atoms with Crippen LogP contribution in [0.1, 0.15) is 24.2 Å². The van der Waals surface area contributed by atoms with Crippen LogP contribution in [0.25, 0.3) is 10.9 Å². The highest BCUT2D eigenvalue weighted by atomic mass is 19.1. The average Bonchev–Trinajstić information content (AvgIpc) is 2.60. The number of amides is 1. The third-order valence-electron chi connectivity index (χ3n) is 4.03. The molecule has 136 valence electrons. The molecule has 7 heteroatoms.